The first kappa shape index (κ1) is 17.9. The fourth-order valence-corrected chi connectivity index (χ4v) is 2.24. The minimum absolute atomic E-state index is 0.151. The molecular weight excluding hydrogens is 302 g/mol. The number of ether oxygens (including phenoxy) is 2. The van der Waals surface area contributed by atoms with Crippen molar-refractivity contribution in [3.05, 3.63) is 59.2 Å². The lowest BCUT2D eigenvalue weighted by Crippen LogP contribution is -2.38. The number of aryl methyl sites for hydroxylation is 3. The summed E-state index contributed by atoms with van der Waals surface area (Å²) in [6.07, 6.45) is -0.550. The molecule has 24 heavy (non-hydrogen) atoms. The second-order valence-electron chi connectivity index (χ2n) is 5.91. The molecule has 0 fully saturated rings. The molecule has 4 nitrogen and oxygen atoms in total. The van der Waals surface area contributed by atoms with Gasteiger partial charge in [0.1, 0.15) is 18.1 Å². The molecule has 0 aromatic heterocycles. The zero-order valence-corrected chi connectivity index (χ0v) is 14.8. The van der Waals surface area contributed by atoms with Crippen LogP contribution in [0.25, 0.3) is 0 Å². The molecule has 0 saturated heterocycles. The molecule has 1 N–H and O–H groups in total. The van der Waals surface area contributed by atoms with Gasteiger partial charge in [0.25, 0.3) is 5.91 Å². The Kier molecular flexibility index (Phi) is 6.24. The van der Waals surface area contributed by atoms with E-state index in [2.05, 4.69) is 5.32 Å². The molecule has 128 valence electrons. The van der Waals surface area contributed by atoms with Crippen molar-refractivity contribution in [3.8, 4) is 11.5 Å². The summed E-state index contributed by atoms with van der Waals surface area (Å²) < 4.78 is 11.4. The maximum absolute atomic E-state index is 12.1. The van der Waals surface area contributed by atoms with E-state index in [1.807, 2.05) is 63.2 Å². The van der Waals surface area contributed by atoms with Gasteiger partial charge in [0.2, 0.25) is 0 Å². The predicted molar refractivity (Wildman–Crippen MR) is 95.7 cm³/mol. The molecule has 4 heteroatoms. The van der Waals surface area contributed by atoms with Crippen LogP contribution in [0, 0.1) is 20.8 Å². The molecule has 0 aliphatic heterocycles. The molecule has 1 atom stereocenters. The van der Waals surface area contributed by atoms with Gasteiger partial charge in [-0.2, -0.15) is 0 Å². The summed E-state index contributed by atoms with van der Waals surface area (Å²) >= 11 is 0. The second-order valence-corrected chi connectivity index (χ2v) is 5.91. The Morgan fingerprint density at radius 1 is 1.04 bits per heavy atom. The Morgan fingerprint density at radius 2 is 1.79 bits per heavy atom. The molecule has 0 aliphatic carbocycles. The average molecular weight is 327 g/mol. The molecule has 0 aliphatic rings. The fourth-order valence-electron chi connectivity index (χ4n) is 2.24. The number of nitrogens with one attached hydrogen (secondary N) is 1. The zero-order valence-electron chi connectivity index (χ0n) is 14.8. The van der Waals surface area contributed by atoms with Crippen molar-refractivity contribution in [1.82, 2.24) is 5.32 Å². The van der Waals surface area contributed by atoms with Crippen LogP contribution in [0.3, 0.4) is 0 Å². The first-order valence-corrected chi connectivity index (χ1v) is 8.17. The van der Waals surface area contributed by atoms with Crippen molar-refractivity contribution in [1.29, 1.82) is 0 Å². The topological polar surface area (TPSA) is 47.6 Å². The van der Waals surface area contributed by atoms with Crippen LogP contribution in [-0.2, 0) is 4.79 Å². The van der Waals surface area contributed by atoms with E-state index in [0.717, 1.165) is 16.9 Å². The summed E-state index contributed by atoms with van der Waals surface area (Å²) in [4.78, 5) is 12.1. The van der Waals surface area contributed by atoms with Gasteiger partial charge in [0.15, 0.2) is 6.10 Å². The van der Waals surface area contributed by atoms with E-state index in [4.69, 9.17) is 9.47 Å². The maximum Gasteiger partial charge on any atom is 0.260 e. The summed E-state index contributed by atoms with van der Waals surface area (Å²) in [7, 11) is 0. The molecule has 1 amide bonds. The van der Waals surface area contributed by atoms with Crippen LogP contribution in [-0.4, -0.2) is 25.2 Å². The minimum Gasteiger partial charge on any atom is -0.491 e. The number of benzene rings is 2. The molecular formula is C20H25NO3. The van der Waals surface area contributed by atoms with Crippen molar-refractivity contribution in [3.63, 3.8) is 0 Å². The number of carbonyl (C=O) groups is 1. The number of amides is 1. The highest BCUT2D eigenvalue weighted by Crippen LogP contribution is 2.18. The third-order valence-corrected chi connectivity index (χ3v) is 3.91. The van der Waals surface area contributed by atoms with Crippen molar-refractivity contribution in [2.24, 2.45) is 0 Å². The summed E-state index contributed by atoms with van der Waals surface area (Å²) in [5.74, 6) is 1.39. The van der Waals surface area contributed by atoms with Crippen LogP contribution >= 0.6 is 0 Å². The van der Waals surface area contributed by atoms with Crippen molar-refractivity contribution in [2.45, 2.75) is 33.8 Å². The zero-order chi connectivity index (χ0) is 17.5. The van der Waals surface area contributed by atoms with Gasteiger partial charge in [0.05, 0.1) is 6.54 Å². The molecule has 0 unspecified atom stereocenters. The maximum atomic E-state index is 12.1. The van der Waals surface area contributed by atoms with Gasteiger partial charge in [-0.05, 0) is 62.6 Å². The van der Waals surface area contributed by atoms with E-state index in [1.165, 1.54) is 5.56 Å². The monoisotopic (exact) mass is 327 g/mol. The van der Waals surface area contributed by atoms with Gasteiger partial charge in [0, 0.05) is 0 Å². The van der Waals surface area contributed by atoms with E-state index < -0.39 is 6.10 Å². The summed E-state index contributed by atoms with van der Waals surface area (Å²) in [6, 6.07) is 13.6. The number of carbonyl (C=O) groups excluding carboxylic acids is 1. The number of para-hydroxylation sites is 1. The molecule has 0 heterocycles. The van der Waals surface area contributed by atoms with Crippen LogP contribution in [0.15, 0.2) is 42.5 Å². The van der Waals surface area contributed by atoms with Crippen LogP contribution < -0.4 is 14.8 Å². The first-order valence-electron chi connectivity index (χ1n) is 8.17. The van der Waals surface area contributed by atoms with E-state index in [-0.39, 0.29) is 5.91 Å². The van der Waals surface area contributed by atoms with Crippen molar-refractivity contribution >= 4 is 5.91 Å². The van der Waals surface area contributed by atoms with Gasteiger partial charge in [-0.15, -0.1) is 0 Å². The Labute approximate surface area is 143 Å². The lowest BCUT2D eigenvalue weighted by Gasteiger charge is -2.16. The molecule has 0 radical (unpaired) electrons. The lowest BCUT2D eigenvalue weighted by atomic mass is 10.1. The molecule has 0 bridgehead atoms. The van der Waals surface area contributed by atoms with Crippen LogP contribution in [0.1, 0.15) is 23.6 Å². The van der Waals surface area contributed by atoms with E-state index >= 15 is 0 Å². The Hall–Kier alpha value is -2.49. The Balaban J connectivity index is 1.75. The minimum atomic E-state index is -0.550. The highest BCUT2D eigenvalue weighted by Gasteiger charge is 2.14. The number of hydrogen-bond donors (Lipinski definition) is 1. The normalized spacial score (nSPS) is 11.7. The molecule has 0 saturated carbocycles. The largest absolute Gasteiger partial charge is 0.491 e. The molecule has 2 rings (SSSR count). The SMILES string of the molecule is Cc1ccc(O[C@H](C)C(=O)NCCOc2ccccc2C)cc1C. The fraction of sp³-hybridized carbons (Fsp3) is 0.350. The van der Waals surface area contributed by atoms with Crippen LogP contribution in [0.2, 0.25) is 0 Å². The van der Waals surface area contributed by atoms with E-state index in [0.29, 0.717) is 18.9 Å². The Morgan fingerprint density at radius 3 is 2.50 bits per heavy atom. The van der Waals surface area contributed by atoms with Crippen molar-refractivity contribution < 1.29 is 14.3 Å². The van der Waals surface area contributed by atoms with Gasteiger partial charge < -0.3 is 14.8 Å². The Bertz CT molecular complexity index is 697. The quantitative estimate of drug-likeness (QED) is 0.791. The van der Waals surface area contributed by atoms with Gasteiger partial charge in [-0.25, -0.2) is 0 Å². The third-order valence-electron chi connectivity index (χ3n) is 3.91. The highest BCUT2D eigenvalue weighted by atomic mass is 16.5. The van der Waals surface area contributed by atoms with E-state index in [9.17, 15) is 4.79 Å². The van der Waals surface area contributed by atoms with Gasteiger partial charge in [-0.3, -0.25) is 4.79 Å². The molecule has 2 aromatic rings. The average Bonchev–Trinajstić information content (AvgIpc) is 2.56. The summed E-state index contributed by atoms with van der Waals surface area (Å²) in [5, 5.41) is 2.83. The lowest BCUT2D eigenvalue weighted by molar-refractivity contribution is -0.127. The standard InChI is InChI=1S/C20H25NO3/c1-14-9-10-18(13-16(14)3)24-17(4)20(22)21-11-12-23-19-8-6-5-7-15(19)2/h5-10,13,17H,11-12H2,1-4H3,(H,21,22)/t17-/m1/s1. The van der Waals surface area contributed by atoms with Gasteiger partial charge >= 0.3 is 0 Å². The number of hydrogen-bond acceptors (Lipinski definition) is 3. The molecule has 0 spiro atoms. The van der Waals surface area contributed by atoms with E-state index in [1.54, 1.807) is 6.92 Å². The van der Waals surface area contributed by atoms with Crippen molar-refractivity contribution in [2.75, 3.05) is 13.2 Å². The van der Waals surface area contributed by atoms with Crippen LogP contribution in [0.5, 0.6) is 11.5 Å². The van der Waals surface area contributed by atoms with Crippen LogP contribution in [0.4, 0.5) is 0 Å². The highest BCUT2D eigenvalue weighted by molar-refractivity contribution is 5.80. The summed E-state index contributed by atoms with van der Waals surface area (Å²) in [6.45, 7) is 8.67. The smallest absolute Gasteiger partial charge is 0.260 e. The van der Waals surface area contributed by atoms with Gasteiger partial charge in [-0.1, -0.05) is 24.3 Å². The summed E-state index contributed by atoms with van der Waals surface area (Å²) in [5.41, 5.74) is 3.43. The first-order chi connectivity index (χ1) is 11.5. The number of rotatable bonds is 7. The predicted octanol–water partition coefficient (Wildman–Crippen LogP) is 3.57. The molecule has 2 aromatic carbocycles. The third kappa shape index (κ3) is 5.01. The second kappa shape index (κ2) is 8.39.